The van der Waals surface area contributed by atoms with Crippen molar-refractivity contribution in [3.8, 4) is 0 Å². The fourth-order valence-electron chi connectivity index (χ4n) is 7.23. The molecule has 0 bridgehead atoms. The predicted molar refractivity (Wildman–Crippen MR) is 93.3 cm³/mol. The highest BCUT2D eigenvalue weighted by molar-refractivity contribution is 5.91. The van der Waals surface area contributed by atoms with Crippen LogP contribution in [0.15, 0.2) is 11.6 Å². The number of rotatable bonds is 0. The van der Waals surface area contributed by atoms with Crippen molar-refractivity contribution in [1.82, 2.24) is 0 Å². The van der Waals surface area contributed by atoms with Gasteiger partial charge in [0.2, 0.25) is 0 Å². The van der Waals surface area contributed by atoms with Gasteiger partial charge in [-0.2, -0.15) is 0 Å². The lowest BCUT2D eigenvalue weighted by atomic mass is 9.43. The number of hydrogen-bond acceptors (Lipinski definition) is 3. The SMILES string of the molecule is C[C@@H]1CC2=CC(=O)CC[C@]2(C)[C@H]2[C@H]1[C@@H]1CC[C@](C)(O)[C@]1(C)C[C@H]2O. The highest BCUT2D eigenvalue weighted by Gasteiger charge is 2.66. The zero-order valence-corrected chi connectivity index (χ0v) is 15.5. The molecule has 0 radical (unpaired) electrons. The summed E-state index contributed by atoms with van der Waals surface area (Å²) in [4.78, 5) is 12.0. The van der Waals surface area contributed by atoms with E-state index in [1.54, 1.807) is 0 Å². The van der Waals surface area contributed by atoms with E-state index < -0.39 is 5.60 Å². The Labute approximate surface area is 145 Å². The molecule has 4 aliphatic carbocycles. The second-order valence-electron chi connectivity index (χ2n) is 9.95. The molecule has 0 spiro atoms. The Morgan fingerprint density at radius 2 is 1.92 bits per heavy atom. The molecule has 0 amide bonds. The van der Waals surface area contributed by atoms with Gasteiger partial charge in [-0.15, -0.1) is 0 Å². The van der Waals surface area contributed by atoms with Gasteiger partial charge in [-0.3, -0.25) is 4.79 Å². The molecule has 0 saturated heterocycles. The van der Waals surface area contributed by atoms with Crippen LogP contribution >= 0.6 is 0 Å². The van der Waals surface area contributed by atoms with Crippen molar-refractivity contribution in [2.24, 2.45) is 34.5 Å². The van der Waals surface area contributed by atoms with Crippen molar-refractivity contribution in [1.29, 1.82) is 0 Å². The summed E-state index contributed by atoms with van der Waals surface area (Å²) in [6.45, 7) is 8.76. The van der Waals surface area contributed by atoms with Crippen molar-refractivity contribution in [3.05, 3.63) is 11.6 Å². The van der Waals surface area contributed by atoms with E-state index in [0.29, 0.717) is 30.6 Å². The van der Waals surface area contributed by atoms with Crippen LogP contribution in [0.4, 0.5) is 0 Å². The quantitative estimate of drug-likeness (QED) is 0.714. The monoisotopic (exact) mass is 332 g/mol. The van der Waals surface area contributed by atoms with Crippen LogP contribution in [0.1, 0.15) is 66.2 Å². The average molecular weight is 332 g/mol. The Bertz CT molecular complexity index is 606. The highest BCUT2D eigenvalue weighted by Crippen LogP contribution is 2.68. The first-order chi connectivity index (χ1) is 11.1. The van der Waals surface area contributed by atoms with Crippen LogP contribution in [0.3, 0.4) is 0 Å². The molecule has 8 atom stereocenters. The molecule has 0 aromatic rings. The van der Waals surface area contributed by atoms with E-state index in [9.17, 15) is 15.0 Å². The van der Waals surface area contributed by atoms with Gasteiger partial charge in [-0.25, -0.2) is 0 Å². The maximum atomic E-state index is 12.0. The molecule has 134 valence electrons. The summed E-state index contributed by atoms with van der Waals surface area (Å²) in [7, 11) is 0. The molecule has 4 aliphatic rings. The topological polar surface area (TPSA) is 57.5 Å². The lowest BCUT2D eigenvalue weighted by Gasteiger charge is -2.62. The fraction of sp³-hybridized carbons (Fsp3) is 0.857. The standard InChI is InChI=1S/C21H32O3/c1-12-9-13-10-14(22)5-7-19(13,2)18-16(23)11-20(3)15(17(12)18)6-8-21(20,4)24/h10,12,15-18,23-24H,5-9,11H2,1-4H3/t12-,15+,16-,17-,18-,19+,20-,21+/m1/s1. The van der Waals surface area contributed by atoms with E-state index in [1.807, 2.05) is 13.0 Å². The minimum Gasteiger partial charge on any atom is -0.393 e. The molecular weight excluding hydrogens is 300 g/mol. The summed E-state index contributed by atoms with van der Waals surface area (Å²) in [5.74, 6) is 1.88. The summed E-state index contributed by atoms with van der Waals surface area (Å²) in [6.07, 6.45) is 6.57. The number of aliphatic hydroxyl groups excluding tert-OH is 1. The number of aliphatic hydroxyl groups is 2. The number of hydrogen-bond donors (Lipinski definition) is 2. The maximum Gasteiger partial charge on any atom is 0.155 e. The first kappa shape index (κ1) is 16.8. The van der Waals surface area contributed by atoms with Gasteiger partial charge in [0.15, 0.2) is 5.78 Å². The summed E-state index contributed by atoms with van der Waals surface area (Å²) in [5.41, 5.74) is 0.368. The summed E-state index contributed by atoms with van der Waals surface area (Å²) in [6, 6.07) is 0. The van der Waals surface area contributed by atoms with Gasteiger partial charge in [0.25, 0.3) is 0 Å². The molecule has 4 rings (SSSR count). The molecule has 3 nitrogen and oxygen atoms in total. The molecule has 24 heavy (non-hydrogen) atoms. The van der Waals surface area contributed by atoms with Crippen LogP contribution in [-0.2, 0) is 4.79 Å². The lowest BCUT2D eigenvalue weighted by Crippen LogP contribution is -2.61. The predicted octanol–water partition coefficient (Wildman–Crippen LogP) is 3.49. The summed E-state index contributed by atoms with van der Waals surface area (Å²) >= 11 is 0. The van der Waals surface area contributed by atoms with Crippen molar-refractivity contribution < 1.29 is 15.0 Å². The Balaban J connectivity index is 1.80. The lowest BCUT2D eigenvalue weighted by molar-refractivity contribution is -0.176. The number of allylic oxidation sites excluding steroid dienone is 1. The van der Waals surface area contributed by atoms with Crippen LogP contribution in [0.25, 0.3) is 0 Å². The molecule has 3 saturated carbocycles. The van der Waals surface area contributed by atoms with Crippen molar-refractivity contribution >= 4 is 5.78 Å². The number of carbonyl (C=O) groups excluding carboxylic acids is 1. The van der Waals surface area contributed by atoms with Crippen LogP contribution in [-0.4, -0.2) is 27.7 Å². The first-order valence-electron chi connectivity index (χ1n) is 9.74. The number of fused-ring (bicyclic) bond motifs is 5. The molecule has 3 fully saturated rings. The Morgan fingerprint density at radius 3 is 2.62 bits per heavy atom. The van der Waals surface area contributed by atoms with Gasteiger partial charge in [-0.1, -0.05) is 26.3 Å². The van der Waals surface area contributed by atoms with Gasteiger partial charge in [0, 0.05) is 11.8 Å². The summed E-state index contributed by atoms with van der Waals surface area (Å²) in [5, 5.41) is 22.2. The maximum absolute atomic E-state index is 12.0. The normalized spacial score (nSPS) is 57.0. The van der Waals surface area contributed by atoms with E-state index in [1.165, 1.54) is 5.57 Å². The molecule has 0 aromatic heterocycles. The van der Waals surface area contributed by atoms with Gasteiger partial charge >= 0.3 is 0 Å². The van der Waals surface area contributed by atoms with E-state index in [-0.39, 0.29) is 28.6 Å². The van der Waals surface area contributed by atoms with Crippen molar-refractivity contribution in [3.63, 3.8) is 0 Å². The fourth-order valence-corrected chi connectivity index (χ4v) is 7.23. The van der Waals surface area contributed by atoms with Crippen LogP contribution in [0.2, 0.25) is 0 Å². The third-order valence-electron chi connectivity index (χ3n) is 8.81. The molecule has 0 heterocycles. The summed E-state index contributed by atoms with van der Waals surface area (Å²) < 4.78 is 0. The molecule has 3 heteroatoms. The highest BCUT2D eigenvalue weighted by atomic mass is 16.3. The van der Waals surface area contributed by atoms with Gasteiger partial charge < -0.3 is 10.2 Å². The van der Waals surface area contributed by atoms with E-state index >= 15 is 0 Å². The van der Waals surface area contributed by atoms with Crippen molar-refractivity contribution in [2.75, 3.05) is 0 Å². The minimum absolute atomic E-state index is 0.0414. The molecular formula is C21H32O3. The van der Waals surface area contributed by atoms with Gasteiger partial charge in [-0.05, 0) is 74.2 Å². The molecule has 0 aromatic carbocycles. The molecule has 0 aliphatic heterocycles. The Kier molecular flexibility index (Phi) is 3.46. The van der Waals surface area contributed by atoms with Gasteiger partial charge in [0.1, 0.15) is 0 Å². The smallest absolute Gasteiger partial charge is 0.155 e. The Morgan fingerprint density at radius 1 is 1.21 bits per heavy atom. The second-order valence-corrected chi connectivity index (χ2v) is 9.95. The van der Waals surface area contributed by atoms with E-state index in [0.717, 1.165) is 25.7 Å². The van der Waals surface area contributed by atoms with Crippen LogP contribution < -0.4 is 0 Å². The number of carbonyl (C=O) groups is 1. The van der Waals surface area contributed by atoms with Crippen LogP contribution in [0, 0.1) is 34.5 Å². The van der Waals surface area contributed by atoms with E-state index in [2.05, 4.69) is 20.8 Å². The second kappa shape index (κ2) is 4.94. The van der Waals surface area contributed by atoms with Crippen LogP contribution in [0.5, 0.6) is 0 Å². The number of ketones is 1. The van der Waals surface area contributed by atoms with Gasteiger partial charge in [0.05, 0.1) is 11.7 Å². The largest absolute Gasteiger partial charge is 0.393 e. The molecule has 0 unspecified atom stereocenters. The Hall–Kier alpha value is -0.670. The third-order valence-corrected chi connectivity index (χ3v) is 8.81. The molecule has 2 N–H and O–H groups in total. The minimum atomic E-state index is -0.678. The van der Waals surface area contributed by atoms with Crippen molar-refractivity contribution in [2.45, 2.75) is 77.9 Å². The third kappa shape index (κ3) is 1.94. The zero-order chi connectivity index (χ0) is 17.5. The van der Waals surface area contributed by atoms with E-state index in [4.69, 9.17) is 0 Å². The zero-order valence-electron chi connectivity index (χ0n) is 15.5. The average Bonchev–Trinajstić information content (AvgIpc) is 2.71. The first-order valence-corrected chi connectivity index (χ1v) is 9.74.